The molecule has 19 heavy (non-hydrogen) atoms. The van der Waals surface area contributed by atoms with E-state index in [4.69, 9.17) is 11.6 Å². The third kappa shape index (κ3) is 4.30. The van der Waals surface area contributed by atoms with Crippen molar-refractivity contribution in [2.45, 2.75) is 19.2 Å². The minimum atomic E-state index is -0.894. The first kappa shape index (κ1) is 14.5. The van der Waals surface area contributed by atoms with Gasteiger partial charge in [0.1, 0.15) is 5.01 Å². The Kier molecular flexibility index (Phi) is 4.96. The minimum absolute atomic E-state index is 0.477. The molecule has 0 radical (unpaired) electrons. The summed E-state index contributed by atoms with van der Waals surface area (Å²) in [6, 6.07) is 5.70. The van der Waals surface area contributed by atoms with Gasteiger partial charge in [-0.25, -0.2) is 4.98 Å². The number of nitrogens with one attached hydrogen (secondary N) is 1. The van der Waals surface area contributed by atoms with E-state index in [1.54, 1.807) is 17.6 Å². The fraction of sp³-hybridized carbons (Fsp3) is 0.308. The Morgan fingerprint density at radius 2 is 2.26 bits per heavy atom. The van der Waals surface area contributed by atoms with Gasteiger partial charge in [0.25, 0.3) is 0 Å². The second-order valence-corrected chi connectivity index (χ2v) is 7.04. The smallest absolute Gasteiger partial charge is 0.112 e. The molecular formula is C13H15ClN2OS2. The van der Waals surface area contributed by atoms with Crippen molar-refractivity contribution in [3.63, 3.8) is 0 Å². The van der Waals surface area contributed by atoms with E-state index in [9.17, 15) is 4.21 Å². The van der Waals surface area contributed by atoms with Crippen molar-refractivity contribution in [2.75, 3.05) is 11.6 Å². The molecule has 0 saturated carbocycles. The van der Waals surface area contributed by atoms with Gasteiger partial charge in [-0.1, -0.05) is 11.6 Å². The van der Waals surface area contributed by atoms with Gasteiger partial charge in [0, 0.05) is 44.6 Å². The fourth-order valence-corrected chi connectivity index (χ4v) is 3.33. The van der Waals surface area contributed by atoms with E-state index in [1.807, 2.05) is 30.5 Å². The lowest BCUT2D eigenvalue weighted by Crippen LogP contribution is -2.01. The summed E-state index contributed by atoms with van der Waals surface area (Å²) >= 11 is 7.73. The van der Waals surface area contributed by atoms with Crippen LogP contribution in [0.1, 0.15) is 16.3 Å². The molecule has 1 aromatic heterocycles. The number of benzene rings is 1. The van der Waals surface area contributed by atoms with E-state index in [-0.39, 0.29) is 0 Å². The maximum Gasteiger partial charge on any atom is 0.112 e. The molecule has 102 valence electrons. The molecule has 2 aromatic rings. The van der Waals surface area contributed by atoms with Gasteiger partial charge in [-0.15, -0.1) is 11.3 Å². The van der Waals surface area contributed by atoms with Gasteiger partial charge in [-0.05, 0) is 30.7 Å². The topological polar surface area (TPSA) is 42.0 Å². The third-order valence-electron chi connectivity index (χ3n) is 2.51. The van der Waals surface area contributed by atoms with Crippen molar-refractivity contribution in [1.29, 1.82) is 0 Å². The Labute approximate surface area is 124 Å². The summed E-state index contributed by atoms with van der Waals surface area (Å²) in [6.45, 7) is 2.67. The quantitative estimate of drug-likeness (QED) is 0.917. The number of rotatable bonds is 5. The van der Waals surface area contributed by atoms with Crippen LogP contribution >= 0.6 is 22.9 Å². The monoisotopic (exact) mass is 314 g/mol. The molecule has 1 heterocycles. The van der Waals surface area contributed by atoms with E-state index in [1.165, 1.54) is 0 Å². The highest BCUT2D eigenvalue weighted by Crippen LogP contribution is 2.22. The molecule has 0 fully saturated rings. The summed E-state index contributed by atoms with van der Waals surface area (Å²) in [7, 11) is -0.894. The van der Waals surface area contributed by atoms with Crippen LogP contribution in [0.3, 0.4) is 0 Å². The molecule has 1 atom stereocenters. The van der Waals surface area contributed by atoms with Crippen LogP contribution in [0.5, 0.6) is 0 Å². The highest BCUT2D eigenvalue weighted by atomic mass is 35.5. The van der Waals surface area contributed by atoms with E-state index >= 15 is 0 Å². The molecule has 3 nitrogen and oxygen atoms in total. The van der Waals surface area contributed by atoms with E-state index < -0.39 is 10.8 Å². The zero-order valence-corrected chi connectivity index (χ0v) is 13.2. The zero-order chi connectivity index (χ0) is 13.8. The highest BCUT2D eigenvalue weighted by Gasteiger charge is 2.05. The molecule has 0 bridgehead atoms. The van der Waals surface area contributed by atoms with Gasteiger partial charge in [0.05, 0.1) is 6.54 Å². The van der Waals surface area contributed by atoms with Crippen LogP contribution in [0.4, 0.5) is 5.69 Å². The zero-order valence-electron chi connectivity index (χ0n) is 10.8. The fourth-order valence-electron chi connectivity index (χ4n) is 1.68. The van der Waals surface area contributed by atoms with E-state index in [0.29, 0.717) is 17.3 Å². The number of halogens is 1. The average Bonchev–Trinajstić information content (AvgIpc) is 2.75. The standard InChI is InChI=1S/C13H15ClN2OS2/c1-9-7-18-13(16-9)6-15-11-3-4-12(14)10(5-11)8-19(2)17/h3-5,7,15H,6,8H2,1-2H3/t19-/m0/s1. The lowest BCUT2D eigenvalue weighted by Gasteiger charge is -2.08. The Bertz CT molecular complexity index is 598. The summed E-state index contributed by atoms with van der Waals surface area (Å²) in [5, 5.41) is 7.05. The lowest BCUT2D eigenvalue weighted by atomic mass is 10.2. The van der Waals surface area contributed by atoms with Crippen LogP contribution in [-0.2, 0) is 23.1 Å². The van der Waals surface area contributed by atoms with E-state index in [0.717, 1.165) is 22.0 Å². The number of aryl methyl sites for hydroxylation is 1. The number of nitrogens with zero attached hydrogens (tertiary/aromatic N) is 1. The minimum Gasteiger partial charge on any atom is -0.379 e. The Morgan fingerprint density at radius 3 is 2.89 bits per heavy atom. The predicted octanol–water partition coefficient (Wildman–Crippen LogP) is 3.60. The molecule has 0 amide bonds. The van der Waals surface area contributed by atoms with Gasteiger partial charge in [0.15, 0.2) is 0 Å². The van der Waals surface area contributed by atoms with Crippen molar-refractivity contribution in [3.05, 3.63) is 44.9 Å². The van der Waals surface area contributed by atoms with Crippen LogP contribution in [0.25, 0.3) is 0 Å². The van der Waals surface area contributed by atoms with Crippen molar-refractivity contribution < 1.29 is 4.21 Å². The lowest BCUT2D eigenvalue weighted by molar-refractivity contribution is 0.686. The number of anilines is 1. The van der Waals surface area contributed by atoms with Gasteiger partial charge < -0.3 is 5.32 Å². The molecule has 0 spiro atoms. The second kappa shape index (κ2) is 6.50. The van der Waals surface area contributed by atoms with Crippen LogP contribution in [-0.4, -0.2) is 15.4 Å². The largest absolute Gasteiger partial charge is 0.379 e. The third-order valence-corrected chi connectivity index (χ3v) is 4.57. The molecule has 1 N–H and O–H groups in total. The molecule has 0 saturated heterocycles. The summed E-state index contributed by atoms with van der Waals surface area (Å²) in [5.41, 5.74) is 2.92. The van der Waals surface area contributed by atoms with Crippen LogP contribution in [0.15, 0.2) is 23.6 Å². The molecule has 0 aliphatic carbocycles. The Balaban J connectivity index is 2.06. The molecular weight excluding hydrogens is 300 g/mol. The summed E-state index contributed by atoms with van der Waals surface area (Å²) in [6.07, 6.45) is 1.68. The molecule has 6 heteroatoms. The maximum atomic E-state index is 11.3. The first-order valence-electron chi connectivity index (χ1n) is 5.78. The van der Waals surface area contributed by atoms with Gasteiger partial charge in [-0.3, -0.25) is 4.21 Å². The van der Waals surface area contributed by atoms with Crippen LogP contribution in [0.2, 0.25) is 5.02 Å². The van der Waals surface area contributed by atoms with Gasteiger partial charge >= 0.3 is 0 Å². The summed E-state index contributed by atoms with van der Waals surface area (Å²) in [5.74, 6) is 0.477. The SMILES string of the molecule is Cc1csc(CNc2ccc(Cl)c(C[S@](C)=O)c2)n1. The average molecular weight is 315 g/mol. The van der Waals surface area contributed by atoms with Crippen molar-refractivity contribution in [1.82, 2.24) is 4.98 Å². The van der Waals surface area contributed by atoms with Crippen molar-refractivity contribution in [3.8, 4) is 0 Å². The molecule has 1 aromatic carbocycles. The number of thiazole rings is 1. The highest BCUT2D eigenvalue weighted by molar-refractivity contribution is 7.83. The first-order valence-corrected chi connectivity index (χ1v) is 8.76. The number of aromatic nitrogens is 1. The molecule has 2 rings (SSSR count). The second-order valence-electron chi connectivity index (χ2n) is 4.26. The Morgan fingerprint density at radius 1 is 1.47 bits per heavy atom. The molecule has 0 aliphatic heterocycles. The summed E-state index contributed by atoms with van der Waals surface area (Å²) in [4.78, 5) is 4.40. The maximum absolute atomic E-state index is 11.3. The normalized spacial score (nSPS) is 12.4. The number of hydrogen-bond acceptors (Lipinski definition) is 4. The van der Waals surface area contributed by atoms with Crippen molar-refractivity contribution >= 4 is 39.4 Å². The van der Waals surface area contributed by atoms with E-state index in [2.05, 4.69) is 10.3 Å². The first-order chi connectivity index (χ1) is 9.04. The molecule has 0 unspecified atom stereocenters. The van der Waals surface area contributed by atoms with Crippen molar-refractivity contribution in [2.24, 2.45) is 0 Å². The van der Waals surface area contributed by atoms with Gasteiger partial charge in [-0.2, -0.15) is 0 Å². The van der Waals surface area contributed by atoms with Crippen LogP contribution in [0, 0.1) is 6.92 Å². The Hall–Kier alpha value is -0.910. The van der Waals surface area contributed by atoms with Gasteiger partial charge in [0.2, 0.25) is 0 Å². The summed E-state index contributed by atoms with van der Waals surface area (Å²) < 4.78 is 11.3. The molecule has 0 aliphatic rings. The number of hydrogen-bond donors (Lipinski definition) is 1. The predicted molar refractivity (Wildman–Crippen MR) is 83.4 cm³/mol. The van der Waals surface area contributed by atoms with Crippen LogP contribution < -0.4 is 5.32 Å².